The minimum Gasteiger partial charge on any atom is -0.455 e. The van der Waals surface area contributed by atoms with Crippen LogP contribution in [0.3, 0.4) is 0 Å². The molecule has 10 rings (SSSR count). The lowest BCUT2D eigenvalue weighted by molar-refractivity contribution is 0.494. The second kappa shape index (κ2) is 11.0. The van der Waals surface area contributed by atoms with Crippen LogP contribution in [-0.4, -0.2) is 15.0 Å². The molecule has 0 saturated heterocycles. The summed E-state index contributed by atoms with van der Waals surface area (Å²) in [5.41, 5.74) is 7.35. The third-order valence-electron chi connectivity index (χ3n) is 9.49. The molecular weight excluding hydrogens is 599 g/mol. The zero-order valence-corrected chi connectivity index (χ0v) is 26.3. The molecule has 0 atom stereocenters. The molecule has 0 bridgehead atoms. The predicted molar refractivity (Wildman–Crippen MR) is 200 cm³/mol. The van der Waals surface area contributed by atoms with Gasteiger partial charge in [-0.2, -0.15) is 0 Å². The van der Waals surface area contributed by atoms with Crippen LogP contribution in [0.1, 0.15) is 0 Å². The molecule has 0 radical (unpaired) electrons. The van der Waals surface area contributed by atoms with Gasteiger partial charge in [-0.05, 0) is 56.6 Å². The van der Waals surface area contributed by atoms with E-state index < -0.39 is 0 Å². The molecule has 0 unspecified atom stereocenters. The molecular formula is C45H27N3O. The second-order valence-electron chi connectivity index (χ2n) is 12.4. The highest BCUT2D eigenvalue weighted by Crippen LogP contribution is 2.50. The molecule has 8 aromatic carbocycles. The van der Waals surface area contributed by atoms with Gasteiger partial charge in [-0.25, -0.2) is 15.0 Å². The van der Waals surface area contributed by atoms with E-state index in [1.54, 1.807) is 0 Å². The van der Waals surface area contributed by atoms with Crippen LogP contribution in [0.5, 0.6) is 11.5 Å². The third-order valence-corrected chi connectivity index (χ3v) is 9.49. The van der Waals surface area contributed by atoms with Gasteiger partial charge in [0.1, 0.15) is 11.5 Å². The topological polar surface area (TPSA) is 47.9 Å². The first-order valence-electron chi connectivity index (χ1n) is 16.4. The summed E-state index contributed by atoms with van der Waals surface area (Å²) in [6.45, 7) is 0. The Hall–Kier alpha value is -6.65. The molecule has 4 heteroatoms. The minimum atomic E-state index is 0.573. The van der Waals surface area contributed by atoms with Gasteiger partial charge in [0.05, 0.1) is 5.56 Å². The normalized spacial score (nSPS) is 11.8. The van der Waals surface area contributed by atoms with Gasteiger partial charge in [0.15, 0.2) is 17.5 Å². The van der Waals surface area contributed by atoms with Crippen LogP contribution in [0.4, 0.5) is 0 Å². The van der Waals surface area contributed by atoms with Crippen molar-refractivity contribution in [2.45, 2.75) is 0 Å². The van der Waals surface area contributed by atoms with Crippen LogP contribution in [0.15, 0.2) is 164 Å². The number of hydrogen-bond donors (Lipinski definition) is 0. The zero-order valence-electron chi connectivity index (χ0n) is 26.3. The Balaban J connectivity index is 1.13. The summed E-state index contributed by atoms with van der Waals surface area (Å²) in [5.74, 6) is 3.42. The summed E-state index contributed by atoms with van der Waals surface area (Å²) in [6.07, 6.45) is 0. The maximum Gasteiger partial charge on any atom is 0.167 e. The van der Waals surface area contributed by atoms with Crippen molar-refractivity contribution in [3.05, 3.63) is 164 Å². The van der Waals surface area contributed by atoms with Crippen LogP contribution < -0.4 is 4.74 Å². The van der Waals surface area contributed by atoms with E-state index in [2.05, 4.69) is 115 Å². The highest BCUT2D eigenvalue weighted by atomic mass is 16.5. The van der Waals surface area contributed by atoms with E-state index in [4.69, 9.17) is 19.7 Å². The maximum atomic E-state index is 6.77. The standard InChI is InChI=1S/C45H27N3O/c1-3-9-28(10-4-1)35-14-7-15-36(27-35)29-17-23-34(24-18-29)44-46-43(33-11-5-2-6-12-33)47-45(48-44)37-26-25-32-22-21-31-20-19-30-13-8-16-38-39(30)40(31)41(32)42(37)49-38/h1-27H. The lowest BCUT2D eigenvalue weighted by Crippen LogP contribution is -2.03. The highest BCUT2D eigenvalue weighted by Gasteiger charge is 2.24. The van der Waals surface area contributed by atoms with Crippen molar-refractivity contribution >= 4 is 32.3 Å². The van der Waals surface area contributed by atoms with Gasteiger partial charge in [-0.1, -0.05) is 146 Å². The van der Waals surface area contributed by atoms with Gasteiger partial charge in [0.2, 0.25) is 0 Å². The summed E-state index contributed by atoms with van der Waals surface area (Å²) in [6, 6.07) is 56.9. The van der Waals surface area contributed by atoms with E-state index in [-0.39, 0.29) is 0 Å². The molecule has 0 N–H and O–H groups in total. The SMILES string of the molecule is c1ccc(-c2cccc(-c3ccc(-c4nc(-c5ccccc5)nc(-c5ccc6ccc7ccc8cccc9c8c7c6c5O9)n4)cc3)c2)cc1. The molecule has 49 heavy (non-hydrogen) atoms. The molecule has 4 nitrogen and oxygen atoms in total. The fourth-order valence-electron chi connectivity index (χ4n) is 7.08. The second-order valence-corrected chi connectivity index (χ2v) is 12.4. The van der Waals surface area contributed by atoms with Crippen molar-refractivity contribution in [3.8, 4) is 67.9 Å². The van der Waals surface area contributed by atoms with E-state index in [1.807, 2.05) is 48.5 Å². The number of hydrogen-bond acceptors (Lipinski definition) is 4. The molecule has 0 fully saturated rings. The van der Waals surface area contributed by atoms with Crippen LogP contribution in [0.25, 0.3) is 88.7 Å². The lowest BCUT2D eigenvalue weighted by atomic mass is 9.92. The molecule has 0 amide bonds. The molecule has 228 valence electrons. The number of rotatable bonds is 5. The zero-order chi connectivity index (χ0) is 32.3. The Bertz CT molecular complexity index is 2720. The van der Waals surface area contributed by atoms with Gasteiger partial charge in [-0.3, -0.25) is 0 Å². The predicted octanol–water partition coefficient (Wildman–Crippen LogP) is 11.8. The van der Waals surface area contributed by atoms with E-state index in [9.17, 15) is 0 Å². The minimum absolute atomic E-state index is 0.573. The van der Waals surface area contributed by atoms with Crippen molar-refractivity contribution in [2.75, 3.05) is 0 Å². The van der Waals surface area contributed by atoms with Gasteiger partial charge in [0.25, 0.3) is 0 Å². The summed E-state index contributed by atoms with van der Waals surface area (Å²) in [4.78, 5) is 15.2. The summed E-state index contributed by atoms with van der Waals surface area (Å²) in [7, 11) is 0. The van der Waals surface area contributed by atoms with E-state index >= 15 is 0 Å². The Labute approximate surface area is 283 Å². The quantitative estimate of drug-likeness (QED) is 0.179. The van der Waals surface area contributed by atoms with Crippen molar-refractivity contribution < 1.29 is 4.74 Å². The van der Waals surface area contributed by atoms with Crippen LogP contribution in [0, 0.1) is 0 Å². The van der Waals surface area contributed by atoms with E-state index in [0.717, 1.165) is 60.9 Å². The number of ether oxygens (including phenoxy) is 1. The first kappa shape index (κ1) is 27.5. The Morgan fingerprint density at radius 2 is 0.816 bits per heavy atom. The van der Waals surface area contributed by atoms with Gasteiger partial charge in [-0.15, -0.1) is 0 Å². The van der Waals surface area contributed by atoms with E-state index in [0.29, 0.717) is 17.5 Å². The fourth-order valence-corrected chi connectivity index (χ4v) is 7.08. The summed E-state index contributed by atoms with van der Waals surface area (Å²) >= 11 is 0. The highest BCUT2D eigenvalue weighted by molar-refractivity contribution is 6.26. The maximum absolute atomic E-state index is 6.77. The molecule has 0 spiro atoms. The van der Waals surface area contributed by atoms with E-state index in [1.165, 1.54) is 21.9 Å². The summed E-state index contributed by atoms with van der Waals surface area (Å²) < 4.78 is 6.77. The van der Waals surface area contributed by atoms with Gasteiger partial charge < -0.3 is 4.74 Å². The first-order chi connectivity index (χ1) is 24.3. The Morgan fingerprint density at radius 3 is 1.51 bits per heavy atom. The average Bonchev–Trinajstić information content (AvgIpc) is 3.18. The number of benzene rings is 8. The Kier molecular flexibility index (Phi) is 6.15. The third kappa shape index (κ3) is 4.57. The number of nitrogens with zero attached hydrogens (tertiary/aromatic N) is 3. The van der Waals surface area contributed by atoms with Crippen molar-refractivity contribution in [2.24, 2.45) is 0 Å². The lowest BCUT2D eigenvalue weighted by Gasteiger charge is -2.22. The van der Waals surface area contributed by atoms with Gasteiger partial charge >= 0.3 is 0 Å². The Morgan fingerprint density at radius 1 is 0.327 bits per heavy atom. The fraction of sp³-hybridized carbons (Fsp3) is 0. The average molecular weight is 626 g/mol. The van der Waals surface area contributed by atoms with Crippen LogP contribution in [-0.2, 0) is 0 Å². The monoisotopic (exact) mass is 625 g/mol. The molecule has 1 aromatic heterocycles. The molecule has 9 aromatic rings. The number of aromatic nitrogens is 3. The summed E-state index contributed by atoms with van der Waals surface area (Å²) in [5, 5.41) is 6.91. The van der Waals surface area contributed by atoms with Crippen molar-refractivity contribution in [3.63, 3.8) is 0 Å². The molecule has 0 aliphatic carbocycles. The molecule has 1 aliphatic heterocycles. The van der Waals surface area contributed by atoms with Crippen molar-refractivity contribution in [1.29, 1.82) is 0 Å². The molecule has 2 heterocycles. The smallest absolute Gasteiger partial charge is 0.167 e. The molecule has 0 saturated carbocycles. The van der Waals surface area contributed by atoms with Crippen molar-refractivity contribution in [1.82, 2.24) is 15.0 Å². The van der Waals surface area contributed by atoms with Crippen LogP contribution in [0.2, 0.25) is 0 Å². The van der Waals surface area contributed by atoms with Gasteiger partial charge in [0, 0.05) is 27.3 Å². The largest absolute Gasteiger partial charge is 0.455 e. The first-order valence-corrected chi connectivity index (χ1v) is 16.4. The van der Waals surface area contributed by atoms with Crippen LogP contribution >= 0.6 is 0 Å². The molecule has 1 aliphatic rings.